The summed E-state index contributed by atoms with van der Waals surface area (Å²) in [6.07, 6.45) is 0.968. The molecule has 1 aromatic carbocycles. The van der Waals surface area contributed by atoms with E-state index in [1.165, 1.54) is 0 Å². The number of hydrogen-bond donors (Lipinski definition) is 3. The van der Waals surface area contributed by atoms with Crippen LogP contribution in [-0.2, 0) is 0 Å². The molecule has 0 radical (unpaired) electrons. The molecule has 0 spiro atoms. The van der Waals surface area contributed by atoms with Gasteiger partial charge >= 0.3 is 0 Å². The minimum absolute atomic E-state index is 0.0388. The average molecular weight is 264 g/mol. The second kappa shape index (κ2) is 8.50. The number of benzene rings is 1. The van der Waals surface area contributed by atoms with E-state index in [1.54, 1.807) is 24.3 Å². The van der Waals surface area contributed by atoms with Crippen LogP contribution in [0, 0.1) is 0 Å². The van der Waals surface area contributed by atoms with Crippen molar-refractivity contribution < 1.29 is 4.79 Å². The van der Waals surface area contributed by atoms with E-state index in [-0.39, 0.29) is 5.91 Å². The van der Waals surface area contributed by atoms with Gasteiger partial charge in [0.2, 0.25) is 0 Å². The smallest absolute Gasteiger partial charge is 0.251 e. The van der Waals surface area contributed by atoms with Crippen LogP contribution in [-0.4, -0.2) is 37.0 Å². The van der Waals surface area contributed by atoms with E-state index >= 15 is 0 Å². The Balaban J connectivity index is 2.30. The normalized spacial score (nSPS) is 10.5. The number of nitrogens with two attached hydrogens (primary N) is 1. The standard InChI is InChI=1S/C14H24N4O/c1-3-18(4-2)11-5-10-16-14(19)12-6-8-13(17-15)9-7-12/h6-9,17H,3-5,10-11,15H2,1-2H3,(H,16,19). The lowest BCUT2D eigenvalue weighted by molar-refractivity contribution is 0.0952. The first-order chi connectivity index (χ1) is 9.21. The molecule has 4 N–H and O–H groups in total. The van der Waals surface area contributed by atoms with Gasteiger partial charge in [0.1, 0.15) is 0 Å². The lowest BCUT2D eigenvalue weighted by Crippen LogP contribution is -2.29. The zero-order valence-corrected chi connectivity index (χ0v) is 11.8. The van der Waals surface area contributed by atoms with E-state index in [2.05, 4.69) is 29.5 Å². The zero-order chi connectivity index (χ0) is 14.1. The minimum atomic E-state index is -0.0388. The molecular weight excluding hydrogens is 240 g/mol. The summed E-state index contributed by atoms with van der Waals surface area (Å²) >= 11 is 0. The molecule has 0 bridgehead atoms. The molecule has 0 aliphatic carbocycles. The van der Waals surface area contributed by atoms with E-state index in [9.17, 15) is 4.79 Å². The number of amides is 1. The van der Waals surface area contributed by atoms with Crippen molar-refractivity contribution in [3.8, 4) is 0 Å². The predicted octanol–water partition coefficient (Wildman–Crippen LogP) is 1.43. The summed E-state index contributed by atoms with van der Waals surface area (Å²) < 4.78 is 0. The van der Waals surface area contributed by atoms with Crippen molar-refractivity contribution in [2.24, 2.45) is 5.84 Å². The van der Waals surface area contributed by atoms with Crippen LogP contribution in [0.4, 0.5) is 5.69 Å². The van der Waals surface area contributed by atoms with Crippen molar-refractivity contribution in [3.05, 3.63) is 29.8 Å². The maximum Gasteiger partial charge on any atom is 0.251 e. The van der Waals surface area contributed by atoms with Crippen molar-refractivity contribution in [1.29, 1.82) is 0 Å². The molecule has 1 rings (SSSR count). The molecule has 0 aromatic heterocycles. The van der Waals surface area contributed by atoms with Crippen LogP contribution in [0.1, 0.15) is 30.6 Å². The Kier molecular flexibility index (Phi) is 6.92. The molecule has 0 unspecified atom stereocenters. The van der Waals surface area contributed by atoms with Crippen molar-refractivity contribution in [2.75, 3.05) is 31.6 Å². The van der Waals surface area contributed by atoms with E-state index in [1.807, 2.05) is 0 Å². The maximum absolute atomic E-state index is 11.9. The van der Waals surface area contributed by atoms with Gasteiger partial charge < -0.3 is 15.6 Å². The van der Waals surface area contributed by atoms with E-state index < -0.39 is 0 Å². The number of hydrogen-bond acceptors (Lipinski definition) is 4. The molecule has 0 saturated carbocycles. The van der Waals surface area contributed by atoms with Gasteiger partial charge in [-0.2, -0.15) is 0 Å². The third kappa shape index (κ3) is 5.28. The molecule has 1 amide bonds. The highest BCUT2D eigenvalue weighted by atomic mass is 16.1. The third-order valence-corrected chi connectivity index (χ3v) is 3.14. The summed E-state index contributed by atoms with van der Waals surface area (Å²) in [5, 5.41) is 2.92. The summed E-state index contributed by atoms with van der Waals surface area (Å²) in [7, 11) is 0. The van der Waals surface area contributed by atoms with Crippen LogP contribution in [0.2, 0.25) is 0 Å². The van der Waals surface area contributed by atoms with Crippen LogP contribution >= 0.6 is 0 Å². The van der Waals surface area contributed by atoms with Gasteiger partial charge in [0.05, 0.1) is 0 Å². The van der Waals surface area contributed by atoms with Gasteiger partial charge in [-0.3, -0.25) is 10.6 Å². The zero-order valence-electron chi connectivity index (χ0n) is 11.8. The number of carbonyl (C=O) groups excluding carboxylic acids is 1. The van der Waals surface area contributed by atoms with Gasteiger partial charge in [-0.1, -0.05) is 13.8 Å². The molecule has 0 heterocycles. The molecular formula is C14H24N4O. The second-order valence-corrected chi connectivity index (χ2v) is 4.36. The monoisotopic (exact) mass is 264 g/mol. The van der Waals surface area contributed by atoms with Crippen molar-refractivity contribution >= 4 is 11.6 Å². The first-order valence-electron chi connectivity index (χ1n) is 6.78. The SMILES string of the molecule is CCN(CC)CCCNC(=O)c1ccc(NN)cc1. The Morgan fingerprint density at radius 1 is 1.21 bits per heavy atom. The Morgan fingerprint density at radius 3 is 2.37 bits per heavy atom. The molecule has 0 aliphatic rings. The number of carbonyl (C=O) groups is 1. The third-order valence-electron chi connectivity index (χ3n) is 3.14. The maximum atomic E-state index is 11.9. The summed E-state index contributed by atoms with van der Waals surface area (Å²) in [6.45, 7) is 8.12. The van der Waals surface area contributed by atoms with Gasteiger partial charge in [-0.25, -0.2) is 0 Å². The number of nitrogens with one attached hydrogen (secondary N) is 2. The minimum Gasteiger partial charge on any atom is -0.352 e. The topological polar surface area (TPSA) is 70.4 Å². The highest BCUT2D eigenvalue weighted by Crippen LogP contribution is 2.07. The predicted molar refractivity (Wildman–Crippen MR) is 79.0 cm³/mol. The summed E-state index contributed by atoms with van der Waals surface area (Å²) in [5.74, 6) is 5.23. The van der Waals surface area contributed by atoms with Gasteiger partial charge in [-0.15, -0.1) is 0 Å². The van der Waals surface area contributed by atoms with Crippen LogP contribution < -0.4 is 16.6 Å². The van der Waals surface area contributed by atoms with Crippen LogP contribution in [0.5, 0.6) is 0 Å². The van der Waals surface area contributed by atoms with Crippen molar-refractivity contribution in [1.82, 2.24) is 10.2 Å². The van der Waals surface area contributed by atoms with Crippen molar-refractivity contribution in [3.63, 3.8) is 0 Å². The van der Waals surface area contributed by atoms with Gasteiger partial charge in [0.15, 0.2) is 0 Å². The van der Waals surface area contributed by atoms with Crippen LogP contribution in [0.15, 0.2) is 24.3 Å². The molecule has 1 aromatic rings. The molecule has 19 heavy (non-hydrogen) atoms. The quantitative estimate of drug-likeness (QED) is 0.377. The first kappa shape index (κ1) is 15.5. The molecule has 106 valence electrons. The fourth-order valence-electron chi connectivity index (χ4n) is 1.86. The van der Waals surface area contributed by atoms with Gasteiger partial charge in [0.25, 0.3) is 5.91 Å². The molecule has 0 saturated heterocycles. The molecule has 0 atom stereocenters. The Morgan fingerprint density at radius 2 is 1.84 bits per heavy atom. The lowest BCUT2D eigenvalue weighted by atomic mass is 10.2. The van der Waals surface area contributed by atoms with Crippen LogP contribution in [0.3, 0.4) is 0 Å². The number of nitrogen functional groups attached to an aromatic ring is 1. The van der Waals surface area contributed by atoms with Crippen molar-refractivity contribution in [2.45, 2.75) is 20.3 Å². The van der Waals surface area contributed by atoms with Gasteiger partial charge in [-0.05, 0) is 50.3 Å². The Hall–Kier alpha value is -1.59. The number of anilines is 1. The lowest BCUT2D eigenvalue weighted by Gasteiger charge is -2.17. The largest absolute Gasteiger partial charge is 0.352 e. The number of rotatable bonds is 8. The van der Waals surface area contributed by atoms with E-state index in [4.69, 9.17) is 5.84 Å². The molecule has 0 fully saturated rings. The molecule has 5 heteroatoms. The number of nitrogens with zero attached hydrogens (tertiary/aromatic N) is 1. The Labute approximate surface area is 115 Å². The Bertz CT molecular complexity index is 374. The summed E-state index contributed by atoms with van der Waals surface area (Å²) in [5.41, 5.74) is 3.98. The number of hydrazine groups is 1. The highest BCUT2D eigenvalue weighted by molar-refractivity contribution is 5.94. The molecule has 5 nitrogen and oxygen atoms in total. The second-order valence-electron chi connectivity index (χ2n) is 4.36. The molecule has 0 aliphatic heterocycles. The van der Waals surface area contributed by atoms with Gasteiger partial charge in [0, 0.05) is 17.8 Å². The van der Waals surface area contributed by atoms with E-state index in [0.717, 1.165) is 31.7 Å². The summed E-state index contributed by atoms with van der Waals surface area (Å²) in [6, 6.07) is 7.08. The fraction of sp³-hybridized carbons (Fsp3) is 0.500. The first-order valence-corrected chi connectivity index (χ1v) is 6.78. The summed E-state index contributed by atoms with van der Waals surface area (Å²) in [4.78, 5) is 14.2. The van der Waals surface area contributed by atoms with E-state index in [0.29, 0.717) is 12.1 Å². The highest BCUT2D eigenvalue weighted by Gasteiger charge is 2.05. The fourth-order valence-corrected chi connectivity index (χ4v) is 1.86. The van der Waals surface area contributed by atoms with Crippen LogP contribution in [0.25, 0.3) is 0 Å². The average Bonchev–Trinajstić information content (AvgIpc) is 2.47.